The molecule has 1 amide bonds. The Hall–Kier alpha value is -2.92. The maximum absolute atomic E-state index is 12.3. The fraction of sp³-hybridized carbons (Fsp3) is 0.100. The molecule has 0 radical (unpaired) electrons. The van der Waals surface area contributed by atoms with Crippen LogP contribution in [0.15, 0.2) is 60.1 Å². The van der Waals surface area contributed by atoms with Crippen LogP contribution in [0.25, 0.3) is 21.5 Å². The maximum Gasteiger partial charge on any atom is 0.230 e. The molecule has 124 valence electrons. The second-order valence-electron chi connectivity index (χ2n) is 6.01. The van der Waals surface area contributed by atoms with Crippen LogP contribution in [0.5, 0.6) is 0 Å². The molecule has 2 aromatic heterocycles. The average molecular weight is 347 g/mol. The third-order valence-corrected chi connectivity index (χ3v) is 4.97. The third kappa shape index (κ3) is 3.46. The molecule has 5 heteroatoms. The van der Waals surface area contributed by atoms with Crippen molar-refractivity contribution in [3.8, 4) is 10.6 Å². The average Bonchev–Trinajstić information content (AvgIpc) is 3.24. The molecule has 0 saturated heterocycles. The van der Waals surface area contributed by atoms with E-state index in [-0.39, 0.29) is 12.3 Å². The molecule has 4 rings (SSSR count). The van der Waals surface area contributed by atoms with Crippen molar-refractivity contribution in [3.63, 3.8) is 0 Å². The van der Waals surface area contributed by atoms with E-state index in [4.69, 9.17) is 0 Å². The molecule has 0 aliphatic carbocycles. The summed E-state index contributed by atoms with van der Waals surface area (Å²) >= 11 is 1.56. The van der Waals surface area contributed by atoms with Gasteiger partial charge in [-0.15, -0.1) is 11.3 Å². The van der Waals surface area contributed by atoms with Crippen LogP contribution in [0.2, 0.25) is 0 Å². The highest BCUT2D eigenvalue weighted by Crippen LogP contribution is 2.24. The Bertz CT molecular complexity index is 1030. The van der Waals surface area contributed by atoms with Gasteiger partial charge in [0.25, 0.3) is 0 Å². The van der Waals surface area contributed by atoms with Crippen LogP contribution < -0.4 is 5.32 Å². The summed E-state index contributed by atoms with van der Waals surface area (Å²) in [5.74, 6) is -0.0596. The Labute approximate surface area is 149 Å². The number of benzene rings is 2. The predicted octanol–water partition coefficient (Wildman–Crippen LogP) is 4.78. The van der Waals surface area contributed by atoms with Gasteiger partial charge in [0.05, 0.1) is 12.1 Å². The number of hydrogen-bond donors (Lipinski definition) is 2. The number of aryl methyl sites for hydroxylation is 1. The van der Waals surface area contributed by atoms with Gasteiger partial charge in [-0.2, -0.15) is 0 Å². The first-order chi connectivity index (χ1) is 12.2. The number of nitrogens with one attached hydrogen (secondary N) is 2. The highest BCUT2D eigenvalue weighted by molar-refractivity contribution is 7.13. The van der Waals surface area contributed by atoms with Gasteiger partial charge in [-0.05, 0) is 31.2 Å². The maximum atomic E-state index is 12.3. The number of carbonyl (C=O) groups is 1. The molecule has 2 N–H and O–H groups in total. The Kier molecular flexibility index (Phi) is 4.07. The van der Waals surface area contributed by atoms with Crippen molar-refractivity contribution in [2.24, 2.45) is 0 Å². The molecule has 0 aliphatic rings. The number of fused-ring (bicyclic) bond motifs is 1. The number of aromatic nitrogens is 2. The van der Waals surface area contributed by atoms with E-state index in [1.807, 2.05) is 35.8 Å². The summed E-state index contributed by atoms with van der Waals surface area (Å²) in [7, 11) is 0. The highest BCUT2D eigenvalue weighted by Gasteiger charge is 2.10. The van der Waals surface area contributed by atoms with E-state index in [2.05, 4.69) is 46.5 Å². The van der Waals surface area contributed by atoms with Crippen molar-refractivity contribution in [1.82, 2.24) is 9.97 Å². The highest BCUT2D eigenvalue weighted by atomic mass is 32.1. The molecule has 0 spiro atoms. The van der Waals surface area contributed by atoms with E-state index in [0.29, 0.717) is 0 Å². The Morgan fingerprint density at radius 3 is 2.84 bits per heavy atom. The Balaban J connectivity index is 1.44. The molecule has 4 aromatic rings. The number of nitrogens with zero attached hydrogens (tertiary/aromatic N) is 1. The number of thiazole rings is 1. The van der Waals surface area contributed by atoms with Gasteiger partial charge in [-0.1, -0.05) is 29.8 Å². The fourth-order valence-electron chi connectivity index (χ4n) is 2.72. The van der Waals surface area contributed by atoms with E-state index in [9.17, 15) is 4.79 Å². The van der Waals surface area contributed by atoms with E-state index in [0.717, 1.165) is 32.9 Å². The lowest BCUT2D eigenvalue weighted by Crippen LogP contribution is -2.14. The quantitative estimate of drug-likeness (QED) is 0.558. The van der Waals surface area contributed by atoms with Gasteiger partial charge >= 0.3 is 0 Å². The van der Waals surface area contributed by atoms with Gasteiger partial charge in [-0.3, -0.25) is 4.79 Å². The molecule has 0 saturated carbocycles. The third-order valence-electron chi connectivity index (χ3n) is 4.03. The van der Waals surface area contributed by atoms with Crippen LogP contribution in [-0.2, 0) is 11.2 Å². The molecule has 0 bridgehead atoms. The minimum Gasteiger partial charge on any atom is -0.361 e. The van der Waals surface area contributed by atoms with E-state index in [1.54, 1.807) is 11.3 Å². The minimum atomic E-state index is -0.0596. The van der Waals surface area contributed by atoms with Crippen LogP contribution in [0.4, 0.5) is 5.69 Å². The van der Waals surface area contributed by atoms with Crippen LogP contribution in [0.3, 0.4) is 0 Å². The zero-order valence-corrected chi connectivity index (χ0v) is 14.6. The smallest absolute Gasteiger partial charge is 0.230 e. The summed E-state index contributed by atoms with van der Waals surface area (Å²) < 4.78 is 0. The van der Waals surface area contributed by atoms with Crippen LogP contribution in [-0.4, -0.2) is 15.9 Å². The van der Waals surface area contributed by atoms with E-state index in [1.165, 1.54) is 5.56 Å². The van der Waals surface area contributed by atoms with Crippen molar-refractivity contribution in [3.05, 3.63) is 71.4 Å². The number of carbonyl (C=O) groups excluding carboxylic acids is 1. The van der Waals surface area contributed by atoms with Crippen molar-refractivity contribution >= 4 is 33.8 Å². The SMILES string of the molecule is Cc1ccc(-c2nc(CC(=O)Nc3ccc4[nH]ccc4c3)cs2)cc1. The largest absolute Gasteiger partial charge is 0.361 e. The van der Waals surface area contributed by atoms with Crippen LogP contribution in [0, 0.1) is 6.92 Å². The number of hydrogen-bond acceptors (Lipinski definition) is 3. The van der Waals surface area contributed by atoms with Gasteiger partial charge in [0.15, 0.2) is 0 Å². The molecule has 2 heterocycles. The number of amides is 1. The lowest BCUT2D eigenvalue weighted by molar-refractivity contribution is -0.115. The van der Waals surface area contributed by atoms with Crippen LogP contribution >= 0.6 is 11.3 Å². The van der Waals surface area contributed by atoms with Crippen molar-refractivity contribution in [2.75, 3.05) is 5.32 Å². The molecule has 0 unspecified atom stereocenters. The number of aromatic amines is 1. The second-order valence-corrected chi connectivity index (χ2v) is 6.87. The number of anilines is 1. The standard InChI is InChI=1S/C20H17N3OS/c1-13-2-4-14(5-3-13)20-23-17(12-25-20)11-19(24)22-16-6-7-18-15(10-16)8-9-21-18/h2-10,12,21H,11H2,1H3,(H,22,24). The zero-order chi connectivity index (χ0) is 17.2. The molecule has 0 aliphatic heterocycles. The zero-order valence-electron chi connectivity index (χ0n) is 13.7. The second kappa shape index (κ2) is 6.53. The minimum absolute atomic E-state index is 0.0596. The molecular weight excluding hydrogens is 330 g/mol. The first-order valence-corrected chi connectivity index (χ1v) is 8.94. The Morgan fingerprint density at radius 1 is 1.16 bits per heavy atom. The van der Waals surface area contributed by atoms with Gasteiger partial charge in [0.2, 0.25) is 5.91 Å². The number of H-pyrrole nitrogens is 1. The van der Waals surface area contributed by atoms with Gasteiger partial charge in [0.1, 0.15) is 5.01 Å². The molecule has 25 heavy (non-hydrogen) atoms. The summed E-state index contributed by atoms with van der Waals surface area (Å²) in [6.07, 6.45) is 2.16. The van der Waals surface area contributed by atoms with Crippen molar-refractivity contribution in [1.29, 1.82) is 0 Å². The summed E-state index contributed by atoms with van der Waals surface area (Å²) in [6.45, 7) is 2.06. The molecule has 2 aromatic carbocycles. The van der Waals surface area contributed by atoms with Crippen molar-refractivity contribution < 1.29 is 4.79 Å². The first-order valence-electron chi connectivity index (χ1n) is 8.06. The topological polar surface area (TPSA) is 57.8 Å². The lowest BCUT2D eigenvalue weighted by Gasteiger charge is -2.04. The van der Waals surface area contributed by atoms with Gasteiger partial charge in [0, 0.05) is 33.7 Å². The Morgan fingerprint density at radius 2 is 2.00 bits per heavy atom. The summed E-state index contributed by atoms with van der Waals surface area (Å²) in [5, 5.41) is 6.91. The van der Waals surface area contributed by atoms with Crippen molar-refractivity contribution in [2.45, 2.75) is 13.3 Å². The summed E-state index contributed by atoms with van der Waals surface area (Å²) in [5.41, 5.74) is 4.95. The van der Waals surface area contributed by atoms with E-state index >= 15 is 0 Å². The molecule has 0 atom stereocenters. The fourth-order valence-corrected chi connectivity index (χ4v) is 3.54. The lowest BCUT2D eigenvalue weighted by atomic mass is 10.2. The monoisotopic (exact) mass is 347 g/mol. The van der Waals surface area contributed by atoms with Gasteiger partial charge in [-0.25, -0.2) is 4.98 Å². The summed E-state index contributed by atoms with van der Waals surface area (Å²) in [4.78, 5) is 20.0. The predicted molar refractivity (Wildman–Crippen MR) is 103 cm³/mol. The summed E-state index contributed by atoms with van der Waals surface area (Å²) in [6, 6.07) is 16.1. The normalized spacial score (nSPS) is 10.9. The molecule has 4 nitrogen and oxygen atoms in total. The van der Waals surface area contributed by atoms with E-state index < -0.39 is 0 Å². The molecular formula is C20H17N3OS. The van der Waals surface area contributed by atoms with Gasteiger partial charge < -0.3 is 10.3 Å². The number of rotatable bonds is 4. The van der Waals surface area contributed by atoms with Crippen LogP contribution in [0.1, 0.15) is 11.3 Å². The first kappa shape index (κ1) is 15.6. The molecule has 0 fully saturated rings.